The summed E-state index contributed by atoms with van der Waals surface area (Å²) in [5, 5.41) is 5.92. The Bertz CT molecular complexity index is 961. The molecule has 9 heteroatoms. The number of nitrogens with zero attached hydrogens (tertiary/aromatic N) is 1. The van der Waals surface area contributed by atoms with Crippen LogP contribution in [0.3, 0.4) is 0 Å². The molecule has 0 aromatic heterocycles. The van der Waals surface area contributed by atoms with E-state index in [4.69, 9.17) is 21.7 Å². The highest BCUT2D eigenvalue weighted by molar-refractivity contribution is 9.11. The highest BCUT2D eigenvalue weighted by Gasteiger charge is 2.11. The Labute approximate surface area is 204 Å². The molecule has 1 aliphatic heterocycles. The van der Waals surface area contributed by atoms with Crippen LogP contribution in [0.25, 0.3) is 6.08 Å². The predicted molar refractivity (Wildman–Crippen MR) is 134 cm³/mol. The van der Waals surface area contributed by atoms with Gasteiger partial charge in [-0.15, -0.1) is 0 Å². The fraction of sp³-hybridized carbons (Fsp3) is 0.273. The van der Waals surface area contributed by atoms with Crippen LogP contribution in [0.2, 0.25) is 0 Å². The van der Waals surface area contributed by atoms with Crippen molar-refractivity contribution in [3.05, 3.63) is 62.5 Å². The summed E-state index contributed by atoms with van der Waals surface area (Å²) in [6, 6.07) is 11.8. The second-order valence-corrected chi connectivity index (χ2v) is 9.05. The van der Waals surface area contributed by atoms with Crippen molar-refractivity contribution >= 4 is 66.9 Å². The molecule has 3 rings (SSSR count). The number of rotatable bonds is 6. The van der Waals surface area contributed by atoms with Crippen LogP contribution in [0, 0.1) is 0 Å². The largest absolute Gasteiger partial charge is 0.495 e. The van der Waals surface area contributed by atoms with Crippen molar-refractivity contribution in [1.29, 1.82) is 0 Å². The van der Waals surface area contributed by atoms with Crippen LogP contribution in [0.4, 0.5) is 5.69 Å². The van der Waals surface area contributed by atoms with Crippen LogP contribution >= 0.6 is 44.1 Å². The van der Waals surface area contributed by atoms with E-state index in [1.165, 1.54) is 11.6 Å². The summed E-state index contributed by atoms with van der Waals surface area (Å²) in [5.41, 5.74) is 2.80. The van der Waals surface area contributed by atoms with Gasteiger partial charge in [-0.25, -0.2) is 0 Å². The van der Waals surface area contributed by atoms with Gasteiger partial charge in [-0.2, -0.15) is 0 Å². The fourth-order valence-electron chi connectivity index (χ4n) is 3.11. The summed E-state index contributed by atoms with van der Waals surface area (Å²) in [4.78, 5) is 14.6. The average molecular weight is 569 g/mol. The minimum absolute atomic E-state index is 0.234. The van der Waals surface area contributed by atoms with E-state index in [-0.39, 0.29) is 11.0 Å². The number of thiocarbonyl (C=S) groups is 1. The standard InChI is InChI=1S/C22H23Br2N3O3S/c1-29-21-16(12-17(23)13-19(21)24)4-7-20(28)26-22(31)25-18-5-2-15(3-6-18)14-27-8-10-30-11-9-27/h2-7,12-13H,8-11,14H2,1H3,(H2,25,26,28,31). The Morgan fingerprint density at radius 2 is 1.94 bits per heavy atom. The molecule has 0 unspecified atom stereocenters. The van der Waals surface area contributed by atoms with E-state index in [2.05, 4.69) is 59.5 Å². The third-order valence-corrected chi connectivity index (χ3v) is 5.86. The monoisotopic (exact) mass is 567 g/mol. The van der Waals surface area contributed by atoms with Gasteiger partial charge >= 0.3 is 0 Å². The summed E-state index contributed by atoms with van der Waals surface area (Å²) in [6.45, 7) is 4.37. The van der Waals surface area contributed by atoms with Gasteiger partial charge < -0.3 is 14.8 Å². The molecule has 1 saturated heterocycles. The molecule has 0 bridgehead atoms. The van der Waals surface area contributed by atoms with Crippen molar-refractivity contribution in [3.63, 3.8) is 0 Å². The maximum atomic E-state index is 12.3. The van der Waals surface area contributed by atoms with E-state index in [9.17, 15) is 4.79 Å². The van der Waals surface area contributed by atoms with Crippen molar-refractivity contribution in [2.45, 2.75) is 6.54 Å². The first kappa shape index (κ1) is 23.9. The molecule has 0 radical (unpaired) electrons. The lowest BCUT2D eigenvalue weighted by atomic mass is 10.2. The van der Waals surface area contributed by atoms with Gasteiger partial charge in [-0.3, -0.25) is 15.0 Å². The molecule has 1 fully saturated rings. The highest BCUT2D eigenvalue weighted by atomic mass is 79.9. The molecule has 164 valence electrons. The van der Waals surface area contributed by atoms with Gasteiger partial charge in [0.05, 0.1) is 24.8 Å². The number of carbonyl (C=O) groups is 1. The third kappa shape index (κ3) is 7.40. The molecule has 6 nitrogen and oxygen atoms in total. The van der Waals surface area contributed by atoms with Crippen LogP contribution in [0.5, 0.6) is 5.75 Å². The third-order valence-electron chi connectivity index (χ3n) is 4.61. The minimum atomic E-state index is -0.334. The second kappa shape index (κ2) is 11.7. The number of hydrogen-bond acceptors (Lipinski definition) is 5. The maximum absolute atomic E-state index is 12.3. The molecule has 0 saturated carbocycles. The van der Waals surface area contributed by atoms with Gasteiger partial charge in [-0.05, 0) is 64.1 Å². The molecule has 2 aromatic rings. The number of hydrogen-bond donors (Lipinski definition) is 2. The van der Waals surface area contributed by atoms with Gasteiger partial charge in [0.25, 0.3) is 0 Å². The second-order valence-electron chi connectivity index (χ2n) is 6.87. The van der Waals surface area contributed by atoms with E-state index in [0.29, 0.717) is 5.75 Å². The fourth-order valence-corrected chi connectivity index (χ4v) is 4.75. The zero-order chi connectivity index (χ0) is 22.2. The number of methoxy groups -OCH3 is 1. The molecule has 31 heavy (non-hydrogen) atoms. The number of amides is 1. The zero-order valence-corrected chi connectivity index (χ0v) is 21.0. The van der Waals surface area contributed by atoms with Crippen molar-refractivity contribution in [2.75, 3.05) is 38.7 Å². The molecule has 0 spiro atoms. The summed E-state index contributed by atoms with van der Waals surface area (Å²) in [5.74, 6) is 0.310. The van der Waals surface area contributed by atoms with Gasteiger partial charge in [0, 0.05) is 41.4 Å². The summed E-state index contributed by atoms with van der Waals surface area (Å²) in [7, 11) is 1.58. The number of ether oxygens (including phenoxy) is 2. The molecule has 0 aliphatic carbocycles. The maximum Gasteiger partial charge on any atom is 0.250 e. The van der Waals surface area contributed by atoms with Gasteiger partial charge in [0.15, 0.2) is 5.11 Å². The van der Waals surface area contributed by atoms with E-state index in [0.717, 1.165) is 53.0 Å². The first-order valence-electron chi connectivity index (χ1n) is 9.66. The van der Waals surface area contributed by atoms with Crippen LogP contribution in [-0.2, 0) is 16.1 Å². The molecule has 2 N–H and O–H groups in total. The van der Waals surface area contributed by atoms with E-state index < -0.39 is 0 Å². The van der Waals surface area contributed by atoms with Crippen molar-refractivity contribution < 1.29 is 14.3 Å². The van der Waals surface area contributed by atoms with E-state index in [1.54, 1.807) is 13.2 Å². The Kier molecular flexibility index (Phi) is 9.03. The van der Waals surface area contributed by atoms with E-state index in [1.807, 2.05) is 24.3 Å². The molecule has 1 heterocycles. The average Bonchev–Trinajstić information content (AvgIpc) is 2.74. The first-order valence-corrected chi connectivity index (χ1v) is 11.7. The lowest BCUT2D eigenvalue weighted by Gasteiger charge is -2.26. The number of benzene rings is 2. The van der Waals surface area contributed by atoms with E-state index >= 15 is 0 Å². The number of carbonyl (C=O) groups excluding carboxylic acids is 1. The SMILES string of the molecule is COc1c(Br)cc(Br)cc1C=CC(=O)NC(=S)Nc1ccc(CN2CCOCC2)cc1. The van der Waals surface area contributed by atoms with Crippen molar-refractivity contribution in [2.24, 2.45) is 0 Å². The minimum Gasteiger partial charge on any atom is -0.495 e. The van der Waals surface area contributed by atoms with Gasteiger partial charge in [0.2, 0.25) is 5.91 Å². The van der Waals surface area contributed by atoms with Crippen LogP contribution in [0.15, 0.2) is 51.4 Å². The number of nitrogens with one attached hydrogen (secondary N) is 2. The molecule has 0 atom stereocenters. The topological polar surface area (TPSA) is 62.8 Å². The number of morpholine rings is 1. The summed E-state index contributed by atoms with van der Waals surface area (Å²) in [6.07, 6.45) is 3.09. The molecule has 1 amide bonds. The first-order chi connectivity index (χ1) is 14.9. The van der Waals surface area contributed by atoms with Crippen molar-refractivity contribution in [1.82, 2.24) is 10.2 Å². The van der Waals surface area contributed by atoms with Crippen LogP contribution in [0.1, 0.15) is 11.1 Å². The molecular weight excluding hydrogens is 546 g/mol. The Morgan fingerprint density at radius 3 is 2.61 bits per heavy atom. The van der Waals surface area contributed by atoms with Crippen molar-refractivity contribution in [3.8, 4) is 5.75 Å². The smallest absolute Gasteiger partial charge is 0.250 e. The number of anilines is 1. The summed E-state index contributed by atoms with van der Waals surface area (Å²) >= 11 is 12.1. The lowest BCUT2D eigenvalue weighted by molar-refractivity contribution is -0.115. The molecule has 1 aliphatic rings. The Balaban J connectivity index is 1.52. The molecule has 2 aromatic carbocycles. The number of halogens is 2. The zero-order valence-electron chi connectivity index (χ0n) is 17.0. The van der Waals surface area contributed by atoms with Crippen LogP contribution in [-0.4, -0.2) is 49.3 Å². The Morgan fingerprint density at radius 1 is 1.23 bits per heavy atom. The van der Waals surface area contributed by atoms with Gasteiger partial charge in [0.1, 0.15) is 5.75 Å². The highest BCUT2D eigenvalue weighted by Crippen LogP contribution is 2.33. The predicted octanol–water partition coefficient (Wildman–Crippen LogP) is 4.58. The quantitative estimate of drug-likeness (QED) is 0.393. The lowest BCUT2D eigenvalue weighted by Crippen LogP contribution is -2.35. The Hall–Kier alpha value is -1.78. The van der Waals surface area contributed by atoms with Gasteiger partial charge in [-0.1, -0.05) is 28.1 Å². The van der Waals surface area contributed by atoms with Crippen LogP contribution < -0.4 is 15.4 Å². The normalized spacial score (nSPS) is 14.4. The molecular formula is C22H23Br2N3O3S. The summed E-state index contributed by atoms with van der Waals surface area (Å²) < 4.78 is 12.4.